The second-order valence-electron chi connectivity index (χ2n) is 1.71. The smallest absolute Gasteiger partial charge is 0.117 e. The van der Waals surface area contributed by atoms with Gasteiger partial charge in [0.1, 0.15) is 5.84 Å². The van der Waals surface area contributed by atoms with E-state index in [2.05, 4.69) is 11.9 Å². The molecule has 0 aromatic carbocycles. The quantitative estimate of drug-likeness (QED) is 0.449. The van der Waals surface area contributed by atoms with E-state index in [-0.39, 0.29) is 0 Å². The van der Waals surface area contributed by atoms with Gasteiger partial charge in [0.25, 0.3) is 0 Å². The van der Waals surface area contributed by atoms with Gasteiger partial charge >= 0.3 is 0 Å². The van der Waals surface area contributed by atoms with Crippen molar-refractivity contribution in [3.8, 4) is 0 Å². The minimum Gasteiger partial charge on any atom is -0.384 e. The van der Waals surface area contributed by atoms with Crippen molar-refractivity contribution in [3.05, 3.63) is 12.2 Å². The highest BCUT2D eigenvalue weighted by Gasteiger charge is 1.77. The lowest BCUT2D eigenvalue weighted by Gasteiger charge is -1.87. The molecule has 0 saturated heterocycles. The fourth-order valence-corrected chi connectivity index (χ4v) is 0.474. The van der Waals surface area contributed by atoms with Gasteiger partial charge in [0.2, 0.25) is 0 Å². The van der Waals surface area contributed by atoms with E-state index in [4.69, 9.17) is 5.73 Å². The molecule has 2 N–H and O–H groups in total. The predicted molar refractivity (Wildman–Crippen MR) is 41.6 cm³/mol. The summed E-state index contributed by atoms with van der Waals surface area (Å²) in [7, 11) is 0. The Morgan fingerprint density at radius 1 is 1.56 bits per heavy atom. The van der Waals surface area contributed by atoms with Crippen LogP contribution in [0, 0.1) is 0 Å². The van der Waals surface area contributed by atoms with Crippen LogP contribution in [0.1, 0.15) is 20.3 Å². The summed E-state index contributed by atoms with van der Waals surface area (Å²) >= 11 is 0. The Morgan fingerprint density at radius 3 is 2.67 bits per heavy atom. The van der Waals surface area contributed by atoms with Crippen molar-refractivity contribution in [2.45, 2.75) is 20.3 Å². The van der Waals surface area contributed by atoms with Crippen LogP contribution in [0.5, 0.6) is 0 Å². The first-order chi connectivity index (χ1) is 4.31. The molecular formula is C7H14N2. The molecule has 2 heteroatoms. The number of nitrogens with zero attached hydrogens (tertiary/aromatic N) is 1. The molecule has 0 aliphatic rings. The number of nitrogens with two attached hydrogens (primary N) is 1. The van der Waals surface area contributed by atoms with E-state index >= 15 is 0 Å². The largest absolute Gasteiger partial charge is 0.384 e. The molecule has 0 aromatic heterocycles. The highest BCUT2D eigenvalue weighted by atomic mass is 14.8. The first-order valence-electron chi connectivity index (χ1n) is 3.27. The Kier molecular flexibility index (Phi) is 4.88. The summed E-state index contributed by atoms with van der Waals surface area (Å²) in [5.41, 5.74) is 5.43. The van der Waals surface area contributed by atoms with Gasteiger partial charge in [-0.1, -0.05) is 13.0 Å². The maximum atomic E-state index is 5.43. The van der Waals surface area contributed by atoms with Crippen LogP contribution in [0.3, 0.4) is 0 Å². The first kappa shape index (κ1) is 8.21. The molecule has 2 nitrogen and oxygen atoms in total. The van der Waals surface area contributed by atoms with Gasteiger partial charge in [-0.25, -0.2) is 0 Å². The van der Waals surface area contributed by atoms with E-state index in [0.29, 0.717) is 5.84 Å². The Bertz CT molecular complexity index is 114. The van der Waals surface area contributed by atoms with E-state index in [9.17, 15) is 0 Å². The maximum absolute atomic E-state index is 5.43. The highest BCUT2D eigenvalue weighted by molar-refractivity contribution is 5.91. The van der Waals surface area contributed by atoms with Crippen molar-refractivity contribution in [3.63, 3.8) is 0 Å². The van der Waals surface area contributed by atoms with Crippen LogP contribution in [-0.4, -0.2) is 12.4 Å². The Balaban J connectivity index is 3.60. The molecule has 0 amide bonds. The lowest BCUT2D eigenvalue weighted by atomic mass is 10.4. The second kappa shape index (κ2) is 5.35. The van der Waals surface area contributed by atoms with Crippen LogP contribution in [-0.2, 0) is 0 Å². The molecule has 0 atom stereocenters. The third kappa shape index (κ3) is 5.07. The lowest BCUT2D eigenvalue weighted by molar-refractivity contribution is 1.12. The van der Waals surface area contributed by atoms with Gasteiger partial charge in [0, 0.05) is 6.54 Å². The van der Waals surface area contributed by atoms with Gasteiger partial charge in [0.05, 0.1) is 0 Å². The number of hydrogen-bond donors (Lipinski definition) is 1. The van der Waals surface area contributed by atoms with Gasteiger partial charge in [-0.3, -0.25) is 4.99 Å². The van der Waals surface area contributed by atoms with Gasteiger partial charge < -0.3 is 5.73 Å². The fourth-order valence-electron chi connectivity index (χ4n) is 0.474. The number of amidine groups is 1. The van der Waals surface area contributed by atoms with Crippen molar-refractivity contribution in [2.75, 3.05) is 6.54 Å². The molecule has 0 saturated carbocycles. The van der Waals surface area contributed by atoms with Crippen LogP contribution in [0.4, 0.5) is 0 Å². The Morgan fingerprint density at radius 2 is 2.22 bits per heavy atom. The fraction of sp³-hybridized carbons (Fsp3) is 0.571. The van der Waals surface area contributed by atoms with Crippen LogP contribution in [0.25, 0.3) is 0 Å². The highest BCUT2D eigenvalue weighted by Crippen LogP contribution is 1.79. The molecule has 0 heterocycles. The number of aliphatic imine (C=N–C) groups is 1. The van der Waals surface area contributed by atoms with Crippen molar-refractivity contribution < 1.29 is 0 Å². The van der Waals surface area contributed by atoms with Crippen molar-refractivity contribution in [2.24, 2.45) is 10.7 Å². The molecule has 52 valence electrons. The summed E-state index contributed by atoms with van der Waals surface area (Å²) in [6.07, 6.45) is 4.85. The Hall–Kier alpha value is -0.790. The summed E-state index contributed by atoms with van der Waals surface area (Å²) in [4.78, 5) is 3.97. The average Bonchev–Trinajstić information content (AvgIpc) is 1.85. The molecule has 9 heavy (non-hydrogen) atoms. The van der Waals surface area contributed by atoms with Crippen LogP contribution < -0.4 is 5.73 Å². The third-order valence-corrected chi connectivity index (χ3v) is 0.865. The van der Waals surface area contributed by atoms with Crippen LogP contribution in [0.2, 0.25) is 0 Å². The average molecular weight is 126 g/mol. The van der Waals surface area contributed by atoms with Gasteiger partial charge in [-0.2, -0.15) is 0 Å². The standard InChI is InChI=1S/C7H14N2/c1-3-5-6-7(8)9-4-2/h5-6H,3-4H2,1-2H3,(H2,8,9)/b6-5+. The summed E-state index contributed by atoms with van der Waals surface area (Å²) in [5, 5.41) is 0. The zero-order chi connectivity index (χ0) is 7.11. The number of allylic oxidation sites excluding steroid dienone is 1. The minimum atomic E-state index is 0.624. The summed E-state index contributed by atoms with van der Waals surface area (Å²) in [5.74, 6) is 0.624. The van der Waals surface area contributed by atoms with E-state index in [1.807, 2.05) is 19.1 Å². The SMILES string of the molecule is CC/C=C/C(N)=NCC. The number of hydrogen-bond acceptors (Lipinski definition) is 1. The van der Waals surface area contributed by atoms with E-state index in [1.165, 1.54) is 0 Å². The minimum absolute atomic E-state index is 0.624. The zero-order valence-electron chi connectivity index (χ0n) is 6.09. The molecule has 0 fully saturated rings. The predicted octanol–water partition coefficient (Wildman–Crippen LogP) is 1.33. The van der Waals surface area contributed by atoms with Crippen molar-refractivity contribution in [1.82, 2.24) is 0 Å². The Labute approximate surface area is 56.5 Å². The van der Waals surface area contributed by atoms with Crippen molar-refractivity contribution >= 4 is 5.84 Å². The van der Waals surface area contributed by atoms with Gasteiger partial charge in [-0.15, -0.1) is 0 Å². The lowest BCUT2D eigenvalue weighted by Crippen LogP contribution is -2.07. The summed E-state index contributed by atoms with van der Waals surface area (Å²) in [6, 6.07) is 0. The van der Waals surface area contributed by atoms with Crippen molar-refractivity contribution in [1.29, 1.82) is 0 Å². The van der Waals surface area contributed by atoms with Crippen LogP contribution in [0.15, 0.2) is 17.1 Å². The van der Waals surface area contributed by atoms with Gasteiger partial charge in [0.15, 0.2) is 0 Å². The molecule has 0 rings (SSSR count). The third-order valence-electron chi connectivity index (χ3n) is 0.865. The van der Waals surface area contributed by atoms with Gasteiger partial charge in [-0.05, 0) is 19.4 Å². The van der Waals surface area contributed by atoms with E-state index in [1.54, 1.807) is 0 Å². The molecular weight excluding hydrogens is 112 g/mol. The molecule has 0 aromatic rings. The molecule has 0 radical (unpaired) electrons. The van der Waals surface area contributed by atoms with E-state index < -0.39 is 0 Å². The summed E-state index contributed by atoms with van der Waals surface area (Å²) < 4.78 is 0. The first-order valence-corrected chi connectivity index (χ1v) is 3.27. The number of rotatable bonds is 3. The maximum Gasteiger partial charge on any atom is 0.117 e. The summed E-state index contributed by atoms with van der Waals surface area (Å²) in [6.45, 7) is 4.79. The zero-order valence-corrected chi connectivity index (χ0v) is 6.09. The normalized spacial score (nSPS) is 12.9. The molecule has 0 aliphatic carbocycles. The second-order valence-corrected chi connectivity index (χ2v) is 1.71. The monoisotopic (exact) mass is 126 g/mol. The molecule has 0 spiro atoms. The topological polar surface area (TPSA) is 38.4 Å². The molecule has 0 bridgehead atoms. The van der Waals surface area contributed by atoms with Crippen LogP contribution >= 0.6 is 0 Å². The van der Waals surface area contributed by atoms with E-state index in [0.717, 1.165) is 13.0 Å². The molecule has 0 unspecified atom stereocenters. The molecule has 0 aliphatic heterocycles.